The number of hydrogen-bond donors (Lipinski definition) is 2. The van der Waals surface area contributed by atoms with Crippen molar-refractivity contribution in [1.82, 2.24) is 20.5 Å². The number of aromatic nitrogens is 3. The maximum Gasteiger partial charge on any atom is 0.290 e. The number of hydrogen-bond acceptors (Lipinski definition) is 3. The minimum absolute atomic E-state index is 0.128. The first-order valence-corrected chi connectivity index (χ1v) is 6.43. The van der Waals surface area contributed by atoms with Gasteiger partial charge in [-0.05, 0) is 11.8 Å². The smallest absolute Gasteiger partial charge is 0.290 e. The number of carbonyl (C=O) groups is 1. The van der Waals surface area contributed by atoms with Crippen LogP contribution in [0.2, 0.25) is 0 Å². The van der Waals surface area contributed by atoms with E-state index >= 15 is 0 Å². The van der Waals surface area contributed by atoms with Gasteiger partial charge in [-0.15, -0.1) is 5.10 Å². The van der Waals surface area contributed by atoms with E-state index in [1.165, 1.54) is 0 Å². The van der Waals surface area contributed by atoms with Crippen molar-refractivity contribution < 1.29 is 4.79 Å². The molecule has 18 heavy (non-hydrogen) atoms. The van der Waals surface area contributed by atoms with Crippen LogP contribution in [0, 0.1) is 11.8 Å². The number of H-pyrrole nitrogens is 1. The lowest BCUT2D eigenvalue weighted by Gasteiger charge is -2.15. The van der Waals surface area contributed by atoms with Crippen molar-refractivity contribution in [3.8, 4) is 0 Å². The molecule has 0 spiro atoms. The highest BCUT2D eigenvalue weighted by atomic mass is 16.2. The van der Waals surface area contributed by atoms with Gasteiger partial charge in [-0.1, -0.05) is 41.5 Å². The summed E-state index contributed by atoms with van der Waals surface area (Å²) in [6.07, 6.45) is 0. The van der Waals surface area contributed by atoms with Gasteiger partial charge in [-0.2, -0.15) is 0 Å². The molecule has 0 aliphatic heterocycles. The van der Waals surface area contributed by atoms with Crippen molar-refractivity contribution in [2.75, 3.05) is 6.54 Å². The van der Waals surface area contributed by atoms with E-state index in [-0.39, 0.29) is 17.1 Å². The molecule has 0 bridgehead atoms. The minimum Gasteiger partial charge on any atom is -0.349 e. The van der Waals surface area contributed by atoms with Crippen molar-refractivity contribution in [2.24, 2.45) is 11.8 Å². The quantitative estimate of drug-likeness (QED) is 0.862. The van der Waals surface area contributed by atoms with Crippen molar-refractivity contribution in [3.05, 3.63) is 11.6 Å². The molecule has 102 valence electrons. The summed E-state index contributed by atoms with van der Waals surface area (Å²) in [6, 6.07) is 0. The molecule has 0 fully saturated rings. The second-order valence-corrected chi connectivity index (χ2v) is 6.19. The minimum atomic E-state index is -0.214. The third-order valence-corrected chi connectivity index (χ3v) is 3.12. The van der Waals surface area contributed by atoms with E-state index in [9.17, 15) is 4.79 Å². The van der Waals surface area contributed by atoms with Gasteiger partial charge >= 0.3 is 0 Å². The monoisotopic (exact) mass is 252 g/mol. The van der Waals surface area contributed by atoms with Crippen molar-refractivity contribution >= 4 is 5.91 Å². The SMILES string of the molecule is CC(C)C(C)CNC(=O)c1n[nH]c(C(C)(C)C)n1. The van der Waals surface area contributed by atoms with Crippen molar-refractivity contribution in [3.63, 3.8) is 0 Å². The topological polar surface area (TPSA) is 70.7 Å². The molecule has 1 amide bonds. The van der Waals surface area contributed by atoms with Crippen LogP contribution >= 0.6 is 0 Å². The summed E-state index contributed by atoms with van der Waals surface area (Å²) in [5.41, 5.74) is -0.128. The molecule has 1 rings (SSSR count). The molecule has 0 aliphatic carbocycles. The van der Waals surface area contributed by atoms with Crippen molar-refractivity contribution in [2.45, 2.75) is 47.0 Å². The largest absolute Gasteiger partial charge is 0.349 e. The van der Waals surface area contributed by atoms with Gasteiger partial charge in [0, 0.05) is 12.0 Å². The highest BCUT2D eigenvalue weighted by Crippen LogP contribution is 2.17. The van der Waals surface area contributed by atoms with Crippen LogP contribution in [0.5, 0.6) is 0 Å². The average Bonchev–Trinajstić information content (AvgIpc) is 2.73. The highest BCUT2D eigenvalue weighted by molar-refractivity contribution is 5.90. The molecule has 5 nitrogen and oxygen atoms in total. The molecule has 1 heterocycles. The molecule has 1 unspecified atom stereocenters. The first-order valence-electron chi connectivity index (χ1n) is 6.43. The molecule has 2 N–H and O–H groups in total. The maximum atomic E-state index is 11.9. The van der Waals surface area contributed by atoms with Crippen LogP contribution in [0.4, 0.5) is 0 Å². The van der Waals surface area contributed by atoms with Crippen LogP contribution in [-0.2, 0) is 5.41 Å². The molecular weight excluding hydrogens is 228 g/mol. The fourth-order valence-electron chi connectivity index (χ4n) is 1.27. The average molecular weight is 252 g/mol. The molecule has 1 aromatic rings. The second kappa shape index (κ2) is 5.50. The first-order chi connectivity index (χ1) is 8.21. The molecular formula is C13H24N4O. The van der Waals surface area contributed by atoms with Gasteiger partial charge in [0.15, 0.2) is 0 Å². The van der Waals surface area contributed by atoms with Crippen LogP contribution in [0.15, 0.2) is 0 Å². The predicted molar refractivity (Wildman–Crippen MR) is 71.4 cm³/mol. The van der Waals surface area contributed by atoms with Crippen LogP contribution in [0.25, 0.3) is 0 Å². The number of aromatic amines is 1. The van der Waals surface area contributed by atoms with E-state index in [1.54, 1.807) is 0 Å². The zero-order chi connectivity index (χ0) is 13.9. The van der Waals surface area contributed by atoms with Crippen molar-refractivity contribution in [1.29, 1.82) is 0 Å². The third-order valence-electron chi connectivity index (χ3n) is 3.12. The summed E-state index contributed by atoms with van der Waals surface area (Å²) in [5.74, 6) is 1.72. The van der Waals surface area contributed by atoms with E-state index in [4.69, 9.17) is 0 Å². The van der Waals surface area contributed by atoms with Gasteiger partial charge in [-0.25, -0.2) is 4.98 Å². The van der Waals surface area contributed by atoms with Gasteiger partial charge in [0.25, 0.3) is 5.91 Å². The van der Waals surface area contributed by atoms with Gasteiger partial charge in [0.2, 0.25) is 5.82 Å². The maximum absolute atomic E-state index is 11.9. The predicted octanol–water partition coefficient (Wildman–Crippen LogP) is 2.12. The highest BCUT2D eigenvalue weighted by Gasteiger charge is 2.21. The van der Waals surface area contributed by atoms with Crippen LogP contribution < -0.4 is 5.32 Å². The van der Waals surface area contributed by atoms with E-state index in [0.717, 1.165) is 5.82 Å². The number of nitrogens with zero attached hydrogens (tertiary/aromatic N) is 2. The van der Waals surface area contributed by atoms with Gasteiger partial charge in [-0.3, -0.25) is 9.89 Å². The normalized spacial score (nSPS) is 13.7. The number of carbonyl (C=O) groups excluding carboxylic acids is 1. The van der Waals surface area contributed by atoms with E-state index < -0.39 is 0 Å². The third kappa shape index (κ3) is 3.82. The Morgan fingerprint density at radius 1 is 1.33 bits per heavy atom. The fourth-order valence-corrected chi connectivity index (χ4v) is 1.27. The van der Waals surface area contributed by atoms with E-state index in [1.807, 2.05) is 20.8 Å². The van der Waals surface area contributed by atoms with Crippen LogP contribution in [-0.4, -0.2) is 27.6 Å². The summed E-state index contributed by atoms with van der Waals surface area (Å²) < 4.78 is 0. The van der Waals surface area contributed by atoms with Gasteiger partial charge < -0.3 is 5.32 Å². The van der Waals surface area contributed by atoms with Gasteiger partial charge in [0.1, 0.15) is 5.82 Å². The fraction of sp³-hybridized carbons (Fsp3) is 0.769. The zero-order valence-corrected chi connectivity index (χ0v) is 12.2. The second-order valence-electron chi connectivity index (χ2n) is 6.19. The Hall–Kier alpha value is -1.39. The Labute approximate surface area is 109 Å². The van der Waals surface area contributed by atoms with E-state index in [2.05, 4.69) is 41.3 Å². The molecule has 0 radical (unpaired) electrons. The molecule has 0 aromatic carbocycles. The number of rotatable bonds is 4. The lowest BCUT2D eigenvalue weighted by molar-refractivity contribution is 0.0935. The summed E-state index contributed by atoms with van der Waals surface area (Å²) in [4.78, 5) is 16.1. The Morgan fingerprint density at radius 2 is 1.94 bits per heavy atom. The summed E-state index contributed by atoms with van der Waals surface area (Å²) in [5, 5.41) is 9.63. The molecule has 1 aromatic heterocycles. The van der Waals surface area contributed by atoms with Gasteiger partial charge in [0.05, 0.1) is 0 Å². The Balaban J connectivity index is 2.60. The number of amides is 1. The number of nitrogens with one attached hydrogen (secondary N) is 2. The lowest BCUT2D eigenvalue weighted by atomic mass is 9.96. The standard InChI is InChI=1S/C13H24N4O/c1-8(2)9(3)7-14-11(18)10-15-12(17-16-10)13(4,5)6/h8-9H,7H2,1-6H3,(H,14,18)(H,15,16,17). The summed E-state index contributed by atoms with van der Waals surface area (Å²) in [6.45, 7) is 13.1. The Bertz CT molecular complexity index is 403. The lowest BCUT2D eigenvalue weighted by Crippen LogP contribution is -2.31. The summed E-state index contributed by atoms with van der Waals surface area (Å²) in [7, 11) is 0. The first kappa shape index (κ1) is 14.7. The Morgan fingerprint density at radius 3 is 2.39 bits per heavy atom. The zero-order valence-electron chi connectivity index (χ0n) is 12.2. The van der Waals surface area contributed by atoms with Crippen LogP contribution in [0.1, 0.15) is 58.0 Å². The molecule has 5 heteroatoms. The Kier molecular flexibility index (Phi) is 4.48. The molecule has 1 atom stereocenters. The molecule has 0 saturated heterocycles. The van der Waals surface area contributed by atoms with Crippen LogP contribution in [0.3, 0.4) is 0 Å². The summed E-state index contributed by atoms with van der Waals surface area (Å²) >= 11 is 0. The molecule has 0 aliphatic rings. The molecule has 0 saturated carbocycles. The van der Waals surface area contributed by atoms with E-state index in [0.29, 0.717) is 18.4 Å².